The summed E-state index contributed by atoms with van der Waals surface area (Å²) < 4.78 is 52.9. The van der Waals surface area contributed by atoms with Crippen molar-refractivity contribution >= 4 is 16.9 Å². The van der Waals surface area contributed by atoms with E-state index in [1.54, 1.807) is 48.5 Å². The molecule has 0 fully saturated rings. The molecule has 3 aromatic carbocycles. The van der Waals surface area contributed by atoms with Crippen LogP contribution in [0.1, 0.15) is 38.3 Å². The predicted molar refractivity (Wildman–Crippen MR) is 134 cm³/mol. The van der Waals surface area contributed by atoms with Crippen LogP contribution in [0.25, 0.3) is 33.4 Å². The summed E-state index contributed by atoms with van der Waals surface area (Å²) in [6.07, 6.45) is -4.25. The number of halogens is 3. The molecule has 4 rings (SSSR count). The van der Waals surface area contributed by atoms with Crippen LogP contribution in [0.5, 0.6) is 0 Å². The molecule has 7 heteroatoms. The Morgan fingerprint density at radius 3 is 2.36 bits per heavy atom. The van der Waals surface area contributed by atoms with E-state index in [1.807, 2.05) is 32.9 Å². The molecule has 0 aliphatic heterocycles. The van der Waals surface area contributed by atoms with E-state index in [9.17, 15) is 18.0 Å². The largest absolute Gasteiger partial charge is 0.460 e. The van der Waals surface area contributed by atoms with Crippen LogP contribution >= 0.6 is 0 Å². The molecule has 4 aromatic rings. The third-order valence-corrected chi connectivity index (χ3v) is 5.53. The molecule has 0 aliphatic rings. The number of hydrogen-bond acceptors (Lipinski definition) is 4. The van der Waals surface area contributed by atoms with E-state index in [0.29, 0.717) is 35.6 Å². The second kappa shape index (κ2) is 10.2. The van der Waals surface area contributed by atoms with Gasteiger partial charge in [0.1, 0.15) is 16.9 Å². The monoisotopic (exact) mass is 495 g/mol. The molecule has 0 saturated heterocycles. The minimum atomic E-state index is -4.51. The zero-order chi connectivity index (χ0) is 25.9. The lowest BCUT2D eigenvalue weighted by molar-refractivity contribution is -0.154. The van der Waals surface area contributed by atoms with E-state index in [1.165, 1.54) is 6.07 Å². The summed E-state index contributed by atoms with van der Waals surface area (Å²) in [4.78, 5) is 11.8. The average molecular weight is 496 g/mol. The van der Waals surface area contributed by atoms with Gasteiger partial charge in [-0.1, -0.05) is 48.5 Å². The van der Waals surface area contributed by atoms with Crippen molar-refractivity contribution in [1.29, 1.82) is 0 Å². The number of furan rings is 1. The first-order valence-corrected chi connectivity index (χ1v) is 11.7. The molecule has 36 heavy (non-hydrogen) atoms. The zero-order valence-corrected chi connectivity index (χ0v) is 20.4. The first-order chi connectivity index (χ1) is 17.0. The van der Waals surface area contributed by atoms with E-state index in [4.69, 9.17) is 9.15 Å². The number of fused-ring (bicyclic) bond motifs is 1. The summed E-state index contributed by atoms with van der Waals surface area (Å²) in [5.41, 5.74) is 1.33. The second-order valence-electron chi connectivity index (χ2n) is 9.62. The Hall–Kier alpha value is -3.58. The number of ether oxygens (including phenoxy) is 1. The molecule has 0 atom stereocenters. The summed E-state index contributed by atoms with van der Waals surface area (Å²) >= 11 is 0. The molecule has 0 unspecified atom stereocenters. The quantitative estimate of drug-likeness (QED) is 0.212. The molecule has 1 aromatic heterocycles. The molecule has 0 spiro atoms. The summed E-state index contributed by atoms with van der Waals surface area (Å²) in [6.45, 7) is 6.48. The Morgan fingerprint density at radius 2 is 1.67 bits per heavy atom. The van der Waals surface area contributed by atoms with Crippen LogP contribution in [0.3, 0.4) is 0 Å². The first kappa shape index (κ1) is 25.5. The molecule has 0 saturated carbocycles. The highest BCUT2D eigenvalue weighted by Crippen LogP contribution is 2.40. The Balaban J connectivity index is 1.50. The highest BCUT2D eigenvalue weighted by Gasteiger charge is 2.34. The van der Waals surface area contributed by atoms with Crippen molar-refractivity contribution < 1.29 is 27.1 Å². The number of hydrogen-bond donors (Lipinski definition) is 1. The van der Waals surface area contributed by atoms with Gasteiger partial charge in [-0.15, -0.1) is 0 Å². The average Bonchev–Trinajstić information content (AvgIpc) is 3.24. The molecule has 0 bridgehead atoms. The Morgan fingerprint density at radius 1 is 0.917 bits per heavy atom. The predicted octanol–water partition coefficient (Wildman–Crippen LogP) is 7.61. The van der Waals surface area contributed by atoms with Crippen LogP contribution in [-0.4, -0.2) is 18.1 Å². The molecule has 188 valence electrons. The van der Waals surface area contributed by atoms with Gasteiger partial charge < -0.3 is 14.5 Å². The van der Waals surface area contributed by atoms with Crippen molar-refractivity contribution in [2.45, 2.75) is 45.5 Å². The van der Waals surface area contributed by atoms with Crippen LogP contribution in [-0.2, 0) is 22.3 Å². The number of benzene rings is 3. The summed E-state index contributed by atoms with van der Waals surface area (Å²) in [5.74, 6) is 0.103. The normalized spacial score (nSPS) is 12.2. The van der Waals surface area contributed by atoms with Gasteiger partial charge in [0, 0.05) is 24.0 Å². The maximum atomic E-state index is 13.9. The topological polar surface area (TPSA) is 51.5 Å². The van der Waals surface area contributed by atoms with Gasteiger partial charge in [0.15, 0.2) is 0 Å². The maximum Gasteiger partial charge on any atom is 0.417 e. The smallest absolute Gasteiger partial charge is 0.417 e. The van der Waals surface area contributed by atoms with Crippen molar-refractivity contribution in [3.05, 3.63) is 83.9 Å². The molecule has 0 aliphatic carbocycles. The van der Waals surface area contributed by atoms with Crippen molar-refractivity contribution in [3.8, 4) is 22.5 Å². The van der Waals surface area contributed by atoms with E-state index >= 15 is 0 Å². The van der Waals surface area contributed by atoms with E-state index < -0.39 is 17.3 Å². The molecule has 1 N–H and O–H groups in total. The molecular weight excluding hydrogens is 467 g/mol. The van der Waals surface area contributed by atoms with Gasteiger partial charge in [0.05, 0.1) is 12.0 Å². The highest BCUT2D eigenvalue weighted by atomic mass is 19.4. The van der Waals surface area contributed by atoms with Crippen LogP contribution in [0, 0.1) is 0 Å². The number of carbonyl (C=O) groups is 1. The van der Waals surface area contributed by atoms with E-state index in [0.717, 1.165) is 17.0 Å². The van der Waals surface area contributed by atoms with Crippen LogP contribution in [0.4, 0.5) is 13.2 Å². The lowest BCUT2D eigenvalue weighted by Crippen LogP contribution is -2.26. The van der Waals surface area contributed by atoms with Gasteiger partial charge in [0.25, 0.3) is 0 Å². The second-order valence-corrected chi connectivity index (χ2v) is 9.62. The van der Waals surface area contributed by atoms with Gasteiger partial charge in [-0.3, -0.25) is 4.79 Å². The summed E-state index contributed by atoms with van der Waals surface area (Å²) in [5, 5.41) is 4.00. The number of esters is 1. The SMILES string of the molecule is CC(C)(C)OC(=O)CCNCc1ccc2oc(-c3ccc(-c4ccccc4)c(C(F)(F)F)c3)cc2c1. The van der Waals surface area contributed by atoms with Crippen LogP contribution < -0.4 is 5.32 Å². The van der Waals surface area contributed by atoms with Crippen molar-refractivity contribution in [1.82, 2.24) is 5.32 Å². The van der Waals surface area contributed by atoms with Crippen molar-refractivity contribution in [2.24, 2.45) is 0 Å². The van der Waals surface area contributed by atoms with Gasteiger partial charge in [-0.25, -0.2) is 0 Å². The Bertz CT molecular complexity index is 1350. The van der Waals surface area contributed by atoms with Crippen molar-refractivity contribution in [3.63, 3.8) is 0 Å². The third kappa shape index (κ3) is 6.34. The Kier molecular flexibility index (Phi) is 7.22. The minimum absolute atomic E-state index is 0.128. The third-order valence-electron chi connectivity index (χ3n) is 5.53. The van der Waals surface area contributed by atoms with Crippen LogP contribution in [0.2, 0.25) is 0 Å². The molecule has 1 heterocycles. The van der Waals surface area contributed by atoms with Crippen LogP contribution in [0.15, 0.2) is 77.2 Å². The summed E-state index contributed by atoms with van der Waals surface area (Å²) in [6, 6.07) is 20.1. The fourth-order valence-corrected chi connectivity index (χ4v) is 3.96. The fraction of sp³-hybridized carbons (Fsp3) is 0.276. The standard InChI is InChI=1S/C29H28F3NO3/c1-28(2,3)36-27(34)13-14-33-18-19-9-12-25-22(15-19)17-26(35-25)21-10-11-23(20-7-5-4-6-8-20)24(16-21)29(30,31)32/h4-12,15-17,33H,13-14,18H2,1-3H3. The van der Waals surface area contributed by atoms with Gasteiger partial charge in [-0.05, 0) is 61.7 Å². The minimum Gasteiger partial charge on any atom is -0.460 e. The van der Waals surface area contributed by atoms with E-state index in [-0.39, 0.29) is 18.0 Å². The van der Waals surface area contributed by atoms with Gasteiger partial charge in [0.2, 0.25) is 0 Å². The molecule has 0 radical (unpaired) electrons. The van der Waals surface area contributed by atoms with Crippen molar-refractivity contribution in [2.75, 3.05) is 6.54 Å². The Labute approximate surface area is 208 Å². The molecule has 0 amide bonds. The number of carbonyl (C=O) groups excluding carboxylic acids is 1. The first-order valence-electron chi connectivity index (χ1n) is 11.7. The van der Waals surface area contributed by atoms with E-state index in [2.05, 4.69) is 5.32 Å². The van der Waals surface area contributed by atoms with Gasteiger partial charge in [-0.2, -0.15) is 13.2 Å². The summed E-state index contributed by atoms with van der Waals surface area (Å²) in [7, 11) is 0. The van der Waals surface area contributed by atoms with Gasteiger partial charge >= 0.3 is 12.1 Å². The zero-order valence-electron chi connectivity index (χ0n) is 20.4. The highest BCUT2D eigenvalue weighted by molar-refractivity contribution is 5.84. The number of alkyl halides is 3. The fourth-order valence-electron chi connectivity index (χ4n) is 3.96. The molecule has 4 nitrogen and oxygen atoms in total. The lowest BCUT2D eigenvalue weighted by atomic mass is 9.96. The molecular formula is C29H28F3NO3. The number of rotatable bonds is 7. The lowest BCUT2D eigenvalue weighted by Gasteiger charge is -2.19. The maximum absolute atomic E-state index is 13.9. The number of nitrogens with one attached hydrogen (secondary N) is 1.